The molecule has 1 N–H and O–H groups in total. The molecule has 0 fully saturated rings. The van der Waals surface area contributed by atoms with Gasteiger partial charge < -0.3 is 19.7 Å². The van der Waals surface area contributed by atoms with E-state index in [1.165, 1.54) is 11.8 Å². The van der Waals surface area contributed by atoms with Gasteiger partial charge in [-0.1, -0.05) is 12.1 Å². The van der Waals surface area contributed by atoms with E-state index in [1.807, 2.05) is 35.2 Å². The molecule has 0 radical (unpaired) electrons. The van der Waals surface area contributed by atoms with Crippen molar-refractivity contribution in [1.29, 1.82) is 0 Å². The number of benzene rings is 3. The summed E-state index contributed by atoms with van der Waals surface area (Å²) in [6.07, 6.45) is 0. The number of rotatable bonds is 5. The number of nitrogens with one attached hydrogen (secondary N) is 1. The maximum atomic E-state index is 12.8. The van der Waals surface area contributed by atoms with Gasteiger partial charge in [-0.15, -0.1) is 4.40 Å². The van der Waals surface area contributed by atoms with Crippen LogP contribution >= 0.6 is 11.8 Å². The van der Waals surface area contributed by atoms with Crippen molar-refractivity contribution in [2.75, 3.05) is 29.6 Å². The third-order valence-electron chi connectivity index (χ3n) is 5.14. The number of para-hydroxylation sites is 2. The van der Waals surface area contributed by atoms with Crippen molar-refractivity contribution in [3.8, 4) is 17.2 Å². The minimum absolute atomic E-state index is 0.0184. The highest BCUT2D eigenvalue weighted by atomic mass is 32.2. The Hall–Kier alpha value is -3.50. The van der Waals surface area contributed by atoms with E-state index in [4.69, 9.17) is 9.47 Å². The fourth-order valence-corrected chi connectivity index (χ4v) is 5.81. The van der Waals surface area contributed by atoms with Crippen LogP contribution in [0.2, 0.25) is 0 Å². The summed E-state index contributed by atoms with van der Waals surface area (Å²) in [4.78, 5) is 15.5. The molecule has 5 rings (SSSR count). The number of carbonyl (C=O) groups excluding carboxylic acids is 1. The van der Waals surface area contributed by atoms with Gasteiger partial charge in [0.05, 0.1) is 18.6 Å². The van der Waals surface area contributed by atoms with E-state index in [0.717, 1.165) is 10.6 Å². The summed E-state index contributed by atoms with van der Waals surface area (Å²) in [5.74, 6) is 1.55. The molecule has 2 heterocycles. The molecule has 2 aliphatic rings. The molecule has 0 saturated carbocycles. The zero-order valence-electron chi connectivity index (χ0n) is 17.5. The molecule has 3 aromatic carbocycles. The van der Waals surface area contributed by atoms with Crippen molar-refractivity contribution in [3.63, 3.8) is 0 Å². The smallest absolute Gasteiger partial charge is 0.257 e. The van der Waals surface area contributed by atoms with Crippen LogP contribution in [0.1, 0.15) is 10.4 Å². The van der Waals surface area contributed by atoms with Crippen LogP contribution < -0.4 is 19.7 Å². The highest BCUT2D eigenvalue weighted by molar-refractivity contribution is 8.15. The lowest BCUT2D eigenvalue weighted by molar-refractivity contribution is 0.102. The number of nitrogens with zero attached hydrogens (tertiary/aromatic N) is 2. The van der Waals surface area contributed by atoms with Gasteiger partial charge in [-0.05, 0) is 66.4 Å². The van der Waals surface area contributed by atoms with Gasteiger partial charge in [-0.25, -0.2) is 8.42 Å². The SMILES string of the molecule is COc1ccccc1Oc1ccc(NC(=O)c2ccc3c(c2)SC2=NS(=O)(=O)CCN23)cc1. The Morgan fingerprint density at radius 2 is 1.82 bits per heavy atom. The summed E-state index contributed by atoms with van der Waals surface area (Å²) in [7, 11) is -1.84. The number of anilines is 2. The first-order valence-corrected chi connectivity index (χ1v) is 12.5. The highest BCUT2D eigenvalue weighted by Gasteiger charge is 2.33. The van der Waals surface area contributed by atoms with Crippen LogP contribution in [0.25, 0.3) is 0 Å². The van der Waals surface area contributed by atoms with Gasteiger partial charge in [0.25, 0.3) is 15.9 Å². The standard InChI is InChI=1S/C23H19N3O5S2/c1-30-19-4-2-3-5-20(19)31-17-9-7-16(8-10-17)24-22(27)15-6-11-18-21(14-15)32-23-25-33(28,29)13-12-26(18)23/h2-11,14H,12-13H2,1H3,(H,24,27). The van der Waals surface area contributed by atoms with Crippen molar-refractivity contribution >= 4 is 44.2 Å². The van der Waals surface area contributed by atoms with E-state index in [-0.39, 0.29) is 11.7 Å². The molecule has 2 aliphatic heterocycles. The number of amides is 1. The van der Waals surface area contributed by atoms with Crippen LogP contribution in [0.4, 0.5) is 11.4 Å². The number of hydrogen-bond acceptors (Lipinski definition) is 7. The number of thioether (sulfide) groups is 1. The normalized spacial score (nSPS) is 15.8. The zero-order chi connectivity index (χ0) is 23.0. The van der Waals surface area contributed by atoms with Crippen molar-refractivity contribution in [2.24, 2.45) is 4.40 Å². The van der Waals surface area contributed by atoms with E-state index < -0.39 is 10.0 Å². The number of carbonyl (C=O) groups is 1. The second kappa shape index (κ2) is 8.45. The largest absolute Gasteiger partial charge is 0.493 e. The Kier molecular flexibility index (Phi) is 5.47. The number of methoxy groups -OCH3 is 1. The monoisotopic (exact) mass is 481 g/mol. The first kappa shape index (κ1) is 21.4. The highest BCUT2D eigenvalue weighted by Crippen LogP contribution is 2.42. The second-order valence-corrected chi connectivity index (χ2v) is 10.1. The van der Waals surface area contributed by atoms with Crippen molar-refractivity contribution < 1.29 is 22.7 Å². The predicted molar refractivity (Wildman–Crippen MR) is 128 cm³/mol. The number of fused-ring (bicyclic) bond motifs is 3. The molecule has 0 bridgehead atoms. The summed E-state index contributed by atoms with van der Waals surface area (Å²) in [5.41, 5.74) is 1.95. The number of hydrogen-bond donors (Lipinski definition) is 1. The van der Waals surface area contributed by atoms with E-state index >= 15 is 0 Å². The minimum atomic E-state index is -3.42. The van der Waals surface area contributed by atoms with Gasteiger partial charge in [-0.3, -0.25) is 4.79 Å². The molecule has 0 spiro atoms. The van der Waals surface area contributed by atoms with Gasteiger partial charge in [0, 0.05) is 22.7 Å². The van der Waals surface area contributed by atoms with Gasteiger partial charge in [0.2, 0.25) is 0 Å². The van der Waals surface area contributed by atoms with Crippen molar-refractivity contribution in [3.05, 3.63) is 72.3 Å². The Labute approximate surface area is 195 Å². The Morgan fingerprint density at radius 3 is 2.58 bits per heavy atom. The molecular weight excluding hydrogens is 462 g/mol. The molecule has 0 atom stereocenters. The first-order chi connectivity index (χ1) is 15.9. The lowest BCUT2D eigenvalue weighted by Gasteiger charge is -2.22. The van der Waals surface area contributed by atoms with E-state index in [2.05, 4.69) is 9.71 Å². The molecule has 1 amide bonds. The topological polar surface area (TPSA) is 97.3 Å². The summed E-state index contributed by atoms with van der Waals surface area (Å²) in [6, 6.07) is 19.7. The number of amidine groups is 1. The van der Waals surface area contributed by atoms with Gasteiger partial charge >= 0.3 is 0 Å². The minimum Gasteiger partial charge on any atom is -0.493 e. The van der Waals surface area contributed by atoms with Gasteiger partial charge in [-0.2, -0.15) is 0 Å². The number of sulfonamides is 1. The predicted octanol–water partition coefficient (Wildman–Crippen LogP) is 4.35. The third kappa shape index (κ3) is 4.39. The lowest BCUT2D eigenvalue weighted by Crippen LogP contribution is -2.35. The quantitative estimate of drug-likeness (QED) is 0.579. The molecule has 0 aromatic heterocycles. The van der Waals surface area contributed by atoms with E-state index in [0.29, 0.717) is 40.2 Å². The molecule has 0 unspecified atom stereocenters. The molecule has 33 heavy (non-hydrogen) atoms. The van der Waals surface area contributed by atoms with Gasteiger partial charge in [0.15, 0.2) is 16.7 Å². The van der Waals surface area contributed by atoms with Crippen LogP contribution in [-0.2, 0) is 10.0 Å². The second-order valence-electron chi connectivity index (χ2n) is 7.33. The van der Waals surface area contributed by atoms with Crippen LogP contribution in [-0.4, -0.2) is 38.9 Å². The molecule has 8 nitrogen and oxygen atoms in total. The number of ether oxygens (including phenoxy) is 2. The molecule has 0 aliphatic carbocycles. The van der Waals surface area contributed by atoms with Gasteiger partial charge in [0.1, 0.15) is 5.75 Å². The molecule has 3 aromatic rings. The first-order valence-electron chi connectivity index (χ1n) is 10.1. The maximum Gasteiger partial charge on any atom is 0.257 e. The third-order valence-corrected chi connectivity index (χ3v) is 7.45. The zero-order valence-corrected chi connectivity index (χ0v) is 19.2. The summed E-state index contributed by atoms with van der Waals surface area (Å²) < 4.78 is 38.5. The van der Waals surface area contributed by atoms with E-state index in [1.54, 1.807) is 43.5 Å². The molecule has 0 saturated heterocycles. The Morgan fingerprint density at radius 1 is 1.06 bits per heavy atom. The maximum absolute atomic E-state index is 12.8. The lowest BCUT2D eigenvalue weighted by atomic mass is 10.1. The van der Waals surface area contributed by atoms with Crippen molar-refractivity contribution in [2.45, 2.75) is 4.90 Å². The average Bonchev–Trinajstić information content (AvgIpc) is 3.16. The fraction of sp³-hybridized carbons (Fsp3) is 0.130. The average molecular weight is 482 g/mol. The van der Waals surface area contributed by atoms with Crippen LogP contribution in [0.5, 0.6) is 17.2 Å². The molecular formula is C23H19N3O5S2. The molecule has 10 heteroatoms. The Bertz CT molecular complexity index is 1370. The van der Waals surface area contributed by atoms with Crippen LogP contribution in [0, 0.1) is 0 Å². The summed E-state index contributed by atoms with van der Waals surface area (Å²) >= 11 is 1.26. The Balaban J connectivity index is 1.28. The van der Waals surface area contributed by atoms with Crippen LogP contribution in [0.15, 0.2) is 76.0 Å². The summed E-state index contributed by atoms with van der Waals surface area (Å²) in [6.45, 7) is 0.357. The van der Waals surface area contributed by atoms with Crippen LogP contribution in [0.3, 0.4) is 0 Å². The molecule has 168 valence electrons. The van der Waals surface area contributed by atoms with Crippen molar-refractivity contribution in [1.82, 2.24) is 0 Å². The van der Waals surface area contributed by atoms with E-state index in [9.17, 15) is 13.2 Å². The fourth-order valence-electron chi connectivity index (χ4n) is 3.51. The summed E-state index contributed by atoms with van der Waals surface area (Å²) in [5, 5.41) is 3.30.